The zero-order chi connectivity index (χ0) is 38.4. The van der Waals surface area contributed by atoms with Crippen molar-refractivity contribution in [3.05, 3.63) is 0 Å². The second-order valence-corrected chi connectivity index (χ2v) is 19.0. The minimum absolute atomic E-state index is 0.148. The van der Waals surface area contributed by atoms with Crippen LogP contribution in [0.15, 0.2) is 0 Å². The first-order valence-electron chi connectivity index (χ1n) is 24.6. The molecular weight excluding hydrogens is 716 g/mol. The van der Waals surface area contributed by atoms with E-state index in [-0.39, 0.29) is 11.6 Å². The zero-order valence-electron chi connectivity index (χ0n) is 36.6. The Morgan fingerprint density at radius 3 is 0.887 bits per heavy atom. The van der Waals surface area contributed by atoms with Gasteiger partial charge in [0.1, 0.15) is 39.3 Å². The molecule has 0 bridgehead atoms. The average molecular weight is 816 g/mol. The molecule has 1 heterocycles. The fourth-order valence-corrected chi connectivity index (χ4v) is 9.93. The number of nitrogens with zero attached hydrogens (tertiary/aromatic N) is 2. The number of aliphatic hydroxyl groups is 2. The summed E-state index contributed by atoms with van der Waals surface area (Å²) in [7, 11) is 0. The van der Waals surface area contributed by atoms with Gasteiger partial charge in [0.25, 0.3) is 0 Å². The number of aliphatic hydroxyl groups excluding tert-OH is 2. The SMILES string of the molecule is CCCCCCCCCCCCCCCCCCCC[N+]1(CCO)CC[N+](CCCCCCCCCCCCCCCCCCCC)(C(Br)CO)CC1. The fraction of sp³-hybridized carbons (Fsp3) is 1.00. The number of quaternary nitrogens is 2. The largest absolute Gasteiger partial charge is 0.391 e. The van der Waals surface area contributed by atoms with Crippen LogP contribution in [0.2, 0.25) is 0 Å². The third kappa shape index (κ3) is 28.4. The maximum Gasteiger partial charge on any atom is 0.168 e. The summed E-state index contributed by atoms with van der Waals surface area (Å²) in [5.74, 6) is 0. The molecule has 0 aromatic carbocycles. The monoisotopic (exact) mass is 815 g/mol. The first-order valence-corrected chi connectivity index (χ1v) is 25.6. The maximum absolute atomic E-state index is 10.2. The summed E-state index contributed by atoms with van der Waals surface area (Å²) >= 11 is 3.92. The molecule has 0 spiro atoms. The number of unbranched alkanes of at least 4 members (excludes halogenated alkanes) is 34. The van der Waals surface area contributed by atoms with Gasteiger partial charge >= 0.3 is 0 Å². The Kier molecular flexibility index (Phi) is 36.7. The minimum atomic E-state index is 0.148. The summed E-state index contributed by atoms with van der Waals surface area (Å²) in [6.07, 6.45) is 51.1. The molecule has 1 aliphatic heterocycles. The van der Waals surface area contributed by atoms with Gasteiger partial charge in [-0.25, -0.2) is 0 Å². The Balaban J connectivity index is 2.09. The second kappa shape index (κ2) is 37.9. The van der Waals surface area contributed by atoms with Gasteiger partial charge in [-0.05, 0) is 41.6 Å². The van der Waals surface area contributed by atoms with Crippen molar-refractivity contribution in [3.8, 4) is 0 Å². The highest BCUT2D eigenvalue weighted by molar-refractivity contribution is 9.09. The lowest BCUT2D eigenvalue weighted by molar-refractivity contribution is -1.04. The van der Waals surface area contributed by atoms with Gasteiger partial charge in [0.15, 0.2) is 4.95 Å². The molecule has 4 nitrogen and oxygen atoms in total. The van der Waals surface area contributed by atoms with Crippen molar-refractivity contribution in [1.29, 1.82) is 0 Å². The van der Waals surface area contributed by atoms with Gasteiger partial charge in [-0.3, -0.25) is 0 Å². The highest BCUT2D eigenvalue weighted by Crippen LogP contribution is 2.28. The first kappa shape index (κ1) is 51.3. The standard InChI is InChI=1S/C48H99BrN2O2/c1-3-5-7-9-11-13-15-17-19-21-23-25-27-29-31-33-35-37-39-50(45-46-52)41-43-51(44-42-50,48(49)47-53)40-38-36-34-32-30-28-26-24-22-20-18-16-14-12-10-8-6-4-2/h48,52-53H,3-47H2,1-2H3/q+2. The van der Waals surface area contributed by atoms with Crippen molar-refractivity contribution in [1.82, 2.24) is 0 Å². The average Bonchev–Trinajstić information content (AvgIpc) is 3.17. The summed E-state index contributed by atoms with van der Waals surface area (Å²) in [5.41, 5.74) is 0. The predicted molar refractivity (Wildman–Crippen MR) is 239 cm³/mol. The Bertz CT molecular complexity index is 728. The molecule has 2 N–H and O–H groups in total. The molecule has 0 aliphatic carbocycles. The van der Waals surface area contributed by atoms with Crippen molar-refractivity contribution in [2.75, 3.05) is 59.0 Å². The molecule has 0 aromatic rings. The normalized spacial score (nSPS) is 19.6. The molecule has 1 atom stereocenters. The second-order valence-electron chi connectivity index (χ2n) is 18.0. The highest BCUT2D eigenvalue weighted by atomic mass is 79.9. The van der Waals surface area contributed by atoms with Crippen molar-refractivity contribution in [3.63, 3.8) is 0 Å². The predicted octanol–water partition coefficient (Wildman–Crippen LogP) is 14.4. The summed E-state index contributed by atoms with van der Waals surface area (Å²) < 4.78 is 2.12. The third-order valence-electron chi connectivity index (χ3n) is 13.3. The van der Waals surface area contributed by atoms with E-state index in [1.807, 2.05) is 0 Å². The molecule has 53 heavy (non-hydrogen) atoms. The lowest BCUT2D eigenvalue weighted by Gasteiger charge is -2.51. The molecule has 1 unspecified atom stereocenters. The van der Waals surface area contributed by atoms with E-state index in [1.54, 1.807) is 0 Å². The van der Waals surface area contributed by atoms with Crippen LogP contribution in [0.5, 0.6) is 0 Å². The van der Waals surface area contributed by atoms with E-state index < -0.39 is 0 Å². The van der Waals surface area contributed by atoms with Crippen LogP contribution >= 0.6 is 15.9 Å². The smallest absolute Gasteiger partial charge is 0.168 e. The quantitative estimate of drug-likeness (QED) is 0.0279. The number of alkyl halides is 1. The lowest BCUT2D eigenvalue weighted by atomic mass is 10.0. The lowest BCUT2D eigenvalue weighted by Crippen LogP contribution is -2.70. The molecule has 0 amide bonds. The van der Waals surface area contributed by atoms with Crippen LogP contribution in [0.4, 0.5) is 0 Å². The molecule has 0 aromatic heterocycles. The van der Waals surface area contributed by atoms with Gasteiger partial charge < -0.3 is 19.2 Å². The van der Waals surface area contributed by atoms with Gasteiger partial charge in [-0.2, -0.15) is 0 Å². The first-order chi connectivity index (χ1) is 26.1. The number of hydrogen-bond donors (Lipinski definition) is 2. The number of piperazine rings is 1. The van der Waals surface area contributed by atoms with Crippen LogP contribution in [-0.4, -0.2) is 83.2 Å². The third-order valence-corrected chi connectivity index (χ3v) is 14.5. The minimum Gasteiger partial charge on any atom is -0.391 e. The van der Waals surface area contributed by atoms with Crippen LogP contribution in [-0.2, 0) is 0 Å². The molecule has 1 aliphatic rings. The van der Waals surface area contributed by atoms with Gasteiger partial charge in [0.2, 0.25) is 0 Å². The summed E-state index contributed by atoms with van der Waals surface area (Å²) in [6.45, 7) is 13.0. The molecule has 5 heteroatoms. The molecule has 1 rings (SSSR count). The maximum atomic E-state index is 10.2. The van der Waals surface area contributed by atoms with Crippen LogP contribution in [0.3, 0.4) is 0 Å². The summed E-state index contributed by atoms with van der Waals surface area (Å²) in [4.78, 5) is 0.148. The summed E-state index contributed by atoms with van der Waals surface area (Å²) in [5, 5.41) is 20.2. The Hall–Kier alpha value is 0.320. The number of halogens is 1. The Labute approximate surface area is 342 Å². The molecule has 318 valence electrons. The van der Waals surface area contributed by atoms with Gasteiger partial charge in [0.05, 0.1) is 19.7 Å². The Morgan fingerprint density at radius 2 is 0.623 bits per heavy atom. The molecule has 0 radical (unpaired) electrons. The molecule has 1 fully saturated rings. The Morgan fingerprint density at radius 1 is 0.358 bits per heavy atom. The van der Waals surface area contributed by atoms with E-state index in [9.17, 15) is 10.2 Å². The highest BCUT2D eigenvalue weighted by Gasteiger charge is 2.44. The van der Waals surface area contributed by atoms with E-state index in [4.69, 9.17) is 0 Å². The number of rotatable bonds is 42. The van der Waals surface area contributed by atoms with Crippen molar-refractivity contribution in [2.45, 2.75) is 250 Å². The van der Waals surface area contributed by atoms with Crippen molar-refractivity contribution < 1.29 is 19.2 Å². The molecule has 0 saturated carbocycles. The van der Waals surface area contributed by atoms with Crippen molar-refractivity contribution in [2.24, 2.45) is 0 Å². The van der Waals surface area contributed by atoms with Gasteiger partial charge in [-0.1, -0.05) is 219 Å². The zero-order valence-corrected chi connectivity index (χ0v) is 38.1. The molecular formula is C48H99BrN2O2+2. The van der Waals surface area contributed by atoms with Crippen LogP contribution in [0.1, 0.15) is 245 Å². The topological polar surface area (TPSA) is 40.5 Å². The van der Waals surface area contributed by atoms with Gasteiger partial charge in [0, 0.05) is 0 Å². The summed E-state index contributed by atoms with van der Waals surface area (Å²) in [6, 6.07) is 0. The van der Waals surface area contributed by atoms with E-state index >= 15 is 0 Å². The van der Waals surface area contributed by atoms with Crippen LogP contribution < -0.4 is 0 Å². The van der Waals surface area contributed by atoms with Crippen molar-refractivity contribution >= 4 is 15.9 Å². The van der Waals surface area contributed by atoms with E-state index in [0.717, 1.165) is 41.7 Å². The number of hydrogen-bond acceptors (Lipinski definition) is 2. The van der Waals surface area contributed by atoms with E-state index in [1.165, 1.54) is 244 Å². The molecule has 1 saturated heterocycles. The van der Waals surface area contributed by atoms with Crippen LogP contribution in [0, 0.1) is 0 Å². The van der Waals surface area contributed by atoms with Crippen LogP contribution in [0.25, 0.3) is 0 Å². The van der Waals surface area contributed by atoms with Gasteiger partial charge in [-0.15, -0.1) is 0 Å². The van der Waals surface area contributed by atoms with E-state index in [2.05, 4.69) is 29.8 Å². The van der Waals surface area contributed by atoms with E-state index in [0.29, 0.717) is 6.61 Å². The fourth-order valence-electron chi connectivity index (χ4n) is 9.31.